The fourth-order valence-corrected chi connectivity index (χ4v) is 2.07. The van der Waals surface area contributed by atoms with Gasteiger partial charge in [0.05, 0.1) is 0 Å². The molecule has 3 unspecified atom stereocenters. The summed E-state index contributed by atoms with van der Waals surface area (Å²) in [6.45, 7) is 6.59. The molecule has 1 heterocycles. The van der Waals surface area contributed by atoms with E-state index in [1.807, 2.05) is 6.07 Å². The molecule has 5 heteroatoms. The Morgan fingerprint density at radius 2 is 2.00 bits per heavy atom. The molecule has 2 aromatic rings. The standard InChI is InChI=1S/C17H25NO4/c1-4-11(2)18-9-14(20)10-21-15-5-6-16-13(7-15)8-17(22-16)12(3)19/h5-8,11-12,14,18-20H,4,9-10H2,1-3H3. The summed E-state index contributed by atoms with van der Waals surface area (Å²) < 4.78 is 11.1. The molecule has 0 saturated heterocycles. The Morgan fingerprint density at radius 1 is 1.23 bits per heavy atom. The van der Waals surface area contributed by atoms with Gasteiger partial charge in [-0.05, 0) is 44.5 Å². The molecule has 0 saturated carbocycles. The topological polar surface area (TPSA) is 74.9 Å². The minimum absolute atomic E-state index is 0.232. The Bertz CT molecular complexity index is 593. The number of hydrogen-bond acceptors (Lipinski definition) is 5. The molecule has 0 aliphatic carbocycles. The van der Waals surface area contributed by atoms with Crippen molar-refractivity contribution in [2.24, 2.45) is 0 Å². The maximum Gasteiger partial charge on any atom is 0.134 e. The second-order valence-corrected chi connectivity index (χ2v) is 5.71. The van der Waals surface area contributed by atoms with Gasteiger partial charge in [-0.2, -0.15) is 0 Å². The van der Waals surface area contributed by atoms with Gasteiger partial charge in [-0.15, -0.1) is 0 Å². The van der Waals surface area contributed by atoms with Crippen molar-refractivity contribution in [3.05, 3.63) is 30.0 Å². The summed E-state index contributed by atoms with van der Waals surface area (Å²) in [5.74, 6) is 1.21. The molecule has 0 radical (unpaired) electrons. The molecule has 3 atom stereocenters. The molecule has 0 bridgehead atoms. The first-order valence-electron chi connectivity index (χ1n) is 7.75. The highest BCUT2D eigenvalue weighted by Crippen LogP contribution is 2.27. The average Bonchev–Trinajstić information content (AvgIpc) is 2.93. The smallest absolute Gasteiger partial charge is 0.134 e. The normalized spacial score (nSPS) is 15.7. The molecular weight excluding hydrogens is 282 g/mol. The van der Waals surface area contributed by atoms with Crippen LogP contribution in [0.25, 0.3) is 11.0 Å². The molecule has 1 aromatic carbocycles. The first-order chi connectivity index (χ1) is 10.5. The Balaban J connectivity index is 1.91. The van der Waals surface area contributed by atoms with E-state index in [1.165, 1.54) is 0 Å². The van der Waals surface area contributed by atoms with Crippen LogP contribution in [0.3, 0.4) is 0 Å². The van der Waals surface area contributed by atoms with Crippen molar-refractivity contribution in [3.8, 4) is 5.75 Å². The quantitative estimate of drug-likeness (QED) is 0.699. The van der Waals surface area contributed by atoms with E-state index in [2.05, 4.69) is 19.2 Å². The zero-order valence-corrected chi connectivity index (χ0v) is 13.4. The van der Waals surface area contributed by atoms with E-state index < -0.39 is 12.2 Å². The monoisotopic (exact) mass is 307 g/mol. The summed E-state index contributed by atoms with van der Waals surface area (Å²) >= 11 is 0. The number of nitrogens with one attached hydrogen (secondary N) is 1. The van der Waals surface area contributed by atoms with E-state index in [-0.39, 0.29) is 6.61 Å². The zero-order valence-electron chi connectivity index (χ0n) is 13.4. The Hall–Kier alpha value is -1.56. The third-order valence-electron chi connectivity index (χ3n) is 3.68. The van der Waals surface area contributed by atoms with Gasteiger partial charge >= 0.3 is 0 Å². The van der Waals surface area contributed by atoms with Crippen LogP contribution in [0.4, 0.5) is 0 Å². The van der Waals surface area contributed by atoms with Gasteiger partial charge in [-0.25, -0.2) is 0 Å². The summed E-state index contributed by atoms with van der Waals surface area (Å²) in [6.07, 6.45) is -0.164. The predicted molar refractivity (Wildman–Crippen MR) is 86.1 cm³/mol. The lowest BCUT2D eigenvalue weighted by molar-refractivity contribution is 0.104. The minimum atomic E-state index is -0.634. The van der Waals surface area contributed by atoms with Crippen molar-refractivity contribution >= 4 is 11.0 Å². The lowest BCUT2D eigenvalue weighted by Gasteiger charge is -2.16. The van der Waals surface area contributed by atoms with Crippen molar-refractivity contribution in [1.29, 1.82) is 0 Å². The maximum absolute atomic E-state index is 9.91. The highest BCUT2D eigenvalue weighted by molar-refractivity contribution is 5.79. The fraction of sp³-hybridized carbons (Fsp3) is 0.529. The van der Waals surface area contributed by atoms with Crippen LogP contribution < -0.4 is 10.1 Å². The molecule has 22 heavy (non-hydrogen) atoms. The lowest BCUT2D eigenvalue weighted by Crippen LogP contribution is -2.36. The van der Waals surface area contributed by atoms with Crippen LogP contribution in [-0.2, 0) is 0 Å². The van der Waals surface area contributed by atoms with E-state index in [1.54, 1.807) is 25.1 Å². The van der Waals surface area contributed by atoms with Gasteiger partial charge in [0.15, 0.2) is 0 Å². The minimum Gasteiger partial charge on any atom is -0.491 e. The molecule has 122 valence electrons. The Kier molecular flexibility index (Phi) is 5.83. The lowest BCUT2D eigenvalue weighted by atomic mass is 10.2. The average molecular weight is 307 g/mol. The summed E-state index contributed by atoms with van der Waals surface area (Å²) in [7, 11) is 0. The van der Waals surface area contributed by atoms with E-state index in [9.17, 15) is 10.2 Å². The van der Waals surface area contributed by atoms with Gasteiger partial charge in [0.25, 0.3) is 0 Å². The van der Waals surface area contributed by atoms with Gasteiger partial charge in [-0.3, -0.25) is 0 Å². The molecule has 0 fully saturated rings. The van der Waals surface area contributed by atoms with Crippen molar-refractivity contribution in [1.82, 2.24) is 5.32 Å². The van der Waals surface area contributed by atoms with Gasteiger partial charge in [0.1, 0.15) is 35.9 Å². The zero-order chi connectivity index (χ0) is 16.1. The van der Waals surface area contributed by atoms with Gasteiger partial charge < -0.3 is 24.7 Å². The molecule has 0 aliphatic heterocycles. The van der Waals surface area contributed by atoms with Crippen LogP contribution in [0, 0.1) is 0 Å². The summed E-state index contributed by atoms with van der Waals surface area (Å²) in [4.78, 5) is 0. The highest BCUT2D eigenvalue weighted by Gasteiger charge is 2.11. The number of aliphatic hydroxyl groups is 2. The number of aliphatic hydroxyl groups excluding tert-OH is 2. The Morgan fingerprint density at radius 3 is 2.68 bits per heavy atom. The van der Waals surface area contributed by atoms with Gasteiger partial charge in [-0.1, -0.05) is 6.92 Å². The van der Waals surface area contributed by atoms with Crippen molar-refractivity contribution in [2.75, 3.05) is 13.2 Å². The molecule has 0 amide bonds. The molecule has 0 spiro atoms. The molecule has 0 aliphatic rings. The third-order valence-corrected chi connectivity index (χ3v) is 3.68. The number of furan rings is 1. The highest BCUT2D eigenvalue weighted by atomic mass is 16.5. The fourth-order valence-electron chi connectivity index (χ4n) is 2.07. The molecule has 3 N–H and O–H groups in total. The molecule has 1 aromatic heterocycles. The van der Waals surface area contributed by atoms with Crippen molar-refractivity contribution in [2.45, 2.75) is 45.4 Å². The van der Waals surface area contributed by atoms with E-state index in [0.29, 0.717) is 29.7 Å². The van der Waals surface area contributed by atoms with Crippen LogP contribution in [0.1, 0.15) is 39.1 Å². The van der Waals surface area contributed by atoms with Crippen LogP contribution in [0.15, 0.2) is 28.7 Å². The number of hydrogen-bond donors (Lipinski definition) is 3. The van der Waals surface area contributed by atoms with Crippen molar-refractivity contribution in [3.63, 3.8) is 0 Å². The second kappa shape index (κ2) is 7.63. The number of rotatable bonds is 8. The van der Waals surface area contributed by atoms with Crippen LogP contribution in [0.5, 0.6) is 5.75 Å². The third kappa shape index (κ3) is 4.47. The summed E-state index contributed by atoms with van der Waals surface area (Å²) in [5.41, 5.74) is 0.710. The largest absolute Gasteiger partial charge is 0.491 e. The van der Waals surface area contributed by atoms with Crippen LogP contribution in [-0.4, -0.2) is 35.5 Å². The van der Waals surface area contributed by atoms with Gasteiger partial charge in [0.2, 0.25) is 0 Å². The van der Waals surface area contributed by atoms with Crippen LogP contribution >= 0.6 is 0 Å². The molecule has 2 rings (SSSR count). The second-order valence-electron chi connectivity index (χ2n) is 5.71. The summed E-state index contributed by atoms with van der Waals surface area (Å²) in [5, 5.41) is 23.6. The van der Waals surface area contributed by atoms with Crippen molar-refractivity contribution < 1.29 is 19.4 Å². The number of fused-ring (bicyclic) bond motifs is 1. The first-order valence-corrected chi connectivity index (χ1v) is 7.75. The molecule has 5 nitrogen and oxygen atoms in total. The summed E-state index contributed by atoms with van der Waals surface area (Å²) in [6, 6.07) is 7.64. The predicted octanol–water partition coefficient (Wildman–Crippen LogP) is 2.61. The van der Waals surface area contributed by atoms with E-state index >= 15 is 0 Å². The van der Waals surface area contributed by atoms with E-state index in [0.717, 1.165) is 11.8 Å². The first kappa shape index (κ1) is 16.8. The van der Waals surface area contributed by atoms with Crippen LogP contribution in [0.2, 0.25) is 0 Å². The van der Waals surface area contributed by atoms with E-state index in [4.69, 9.17) is 9.15 Å². The van der Waals surface area contributed by atoms with Gasteiger partial charge in [0, 0.05) is 18.0 Å². The Labute approximate surface area is 130 Å². The number of benzene rings is 1. The SMILES string of the molecule is CCC(C)NCC(O)COc1ccc2oc(C(C)O)cc2c1. The maximum atomic E-state index is 9.91. The molecular formula is C17H25NO4. The number of ether oxygens (including phenoxy) is 1.